The second-order valence-corrected chi connectivity index (χ2v) is 0.189. The van der Waals surface area contributed by atoms with Gasteiger partial charge in [0, 0.05) is 1.43 Å². The van der Waals surface area contributed by atoms with Crippen LogP contribution in [0.1, 0.15) is 16.3 Å². The second-order valence-electron chi connectivity index (χ2n) is 0.189. The van der Waals surface area contributed by atoms with Gasteiger partial charge in [-0.2, -0.15) is 9.59 Å². The van der Waals surface area contributed by atoms with E-state index in [0.717, 1.165) is 0 Å². The molecule has 0 spiro atoms. The summed E-state index contributed by atoms with van der Waals surface area (Å²) in [6.07, 6.45) is 0.250. The highest BCUT2D eigenvalue weighted by Gasteiger charge is 1.22. The van der Waals surface area contributed by atoms with Crippen molar-refractivity contribution in [2.45, 2.75) is 14.9 Å². The third-order valence-corrected chi connectivity index (χ3v) is 0. The molecule has 0 aromatic heterocycles. The predicted octanol–water partition coefficient (Wildman–Crippen LogP) is 0.788. The molecule has 0 unspecified atom stereocenters. The van der Waals surface area contributed by atoms with Crippen LogP contribution in [0, 0.1) is 0 Å². The standard InChI is InChI=1S/CH2O2.CO2.2CH4.FH.H2/c2*2-1-3;;;;/h1H,(H,2,3);;2*1H4;2*1H/i/hD. The minimum Gasteiger partial charge on any atom is -0.483 e. The largest absolute Gasteiger partial charge is 0.483 e. The van der Waals surface area contributed by atoms with Crippen molar-refractivity contribution in [3.8, 4) is 0 Å². The maximum Gasteiger partial charge on any atom is 0.373 e. The third kappa shape index (κ3) is 104. The third-order valence-electron chi connectivity index (χ3n) is 0. The molecule has 60 valence electrons. The normalized spacial score (nSPS) is 3.00. The summed E-state index contributed by atoms with van der Waals surface area (Å²) in [7, 11) is 0. The van der Waals surface area contributed by atoms with Crippen molar-refractivity contribution in [1.82, 2.24) is 0 Å². The van der Waals surface area contributed by atoms with Crippen LogP contribution in [0.2, 0.25) is 0 Å². The van der Waals surface area contributed by atoms with Gasteiger partial charge in [-0.25, -0.2) is 0 Å². The maximum absolute atomic E-state index is 8.75. The predicted molar refractivity (Wildman–Crippen MR) is 31.8 cm³/mol. The molecule has 0 aromatic rings. The number of carboxylic acid groups (broad SMARTS) is 1. The minimum absolute atomic E-state index is 0. The van der Waals surface area contributed by atoms with E-state index in [-0.39, 0.29) is 28.9 Å². The van der Waals surface area contributed by atoms with E-state index in [1.165, 1.54) is 0 Å². The van der Waals surface area contributed by atoms with Gasteiger partial charge in [0.1, 0.15) is 0 Å². The molecule has 0 heterocycles. The summed E-state index contributed by atoms with van der Waals surface area (Å²) < 4.78 is 13.0. The van der Waals surface area contributed by atoms with Gasteiger partial charge in [-0.05, 0) is 0 Å². The van der Waals surface area contributed by atoms with E-state index in [2.05, 4.69) is 1.45 Å². The lowest BCUT2D eigenvalue weighted by molar-refractivity contribution is -0.191. The van der Waals surface area contributed by atoms with Gasteiger partial charge in [0.05, 0.1) is 0 Å². The van der Waals surface area contributed by atoms with Gasteiger partial charge in [0.25, 0.3) is 7.92 Å². The lowest BCUT2D eigenvalue weighted by atomic mass is 11.7. The van der Waals surface area contributed by atoms with Crippen LogP contribution in [-0.4, -0.2) is 19.2 Å². The van der Waals surface area contributed by atoms with Crippen LogP contribution < -0.4 is 0 Å². The van der Waals surface area contributed by atoms with Crippen LogP contribution >= 0.6 is 0 Å². The lowest BCUT2D eigenvalue weighted by Crippen LogP contribution is -1.49. The van der Waals surface area contributed by atoms with Crippen LogP contribution in [0.15, 0.2) is 0 Å². The Hall–Kier alpha value is -1.22. The van der Waals surface area contributed by atoms with Gasteiger partial charge in [0.2, 0.25) is 0 Å². The Labute approximate surface area is 55.9 Å². The van der Waals surface area contributed by atoms with E-state index >= 15 is 0 Å². The Morgan fingerprint density at radius 3 is 1.56 bits per heavy atom. The summed E-state index contributed by atoms with van der Waals surface area (Å²) >= 11 is 0. The number of hydrogen-bond donors (Lipinski definition) is 1. The number of halogens is 1. The molecule has 0 aliphatic carbocycles. The van der Waals surface area contributed by atoms with Gasteiger partial charge in [-0.3, -0.25) is 9.51 Å². The van der Waals surface area contributed by atoms with Crippen molar-refractivity contribution in [1.29, 1.82) is 1.45 Å². The van der Waals surface area contributed by atoms with Crippen molar-refractivity contribution in [2.24, 2.45) is 0 Å². The zero-order chi connectivity index (χ0) is 7.41. The van der Waals surface area contributed by atoms with Crippen molar-refractivity contribution < 1.29 is 25.6 Å². The van der Waals surface area contributed by atoms with Gasteiger partial charge in [0.15, 0.2) is 0 Å². The summed E-state index contributed by atoms with van der Waals surface area (Å²) in [5, 5.41) is 6.89. The Morgan fingerprint density at radius 2 is 1.56 bits per heavy atom. The Morgan fingerprint density at radius 1 is 1.56 bits per heavy atom. The number of carbonyl (C=O) groups is 1. The summed E-state index contributed by atoms with van der Waals surface area (Å²) in [6.45, 7) is -0.250. The molecule has 1 N–H and O–H groups in total. The molecule has 0 aliphatic heterocycles. The maximum atomic E-state index is 8.75. The first-order valence-corrected chi connectivity index (χ1v) is 0.902. The fraction of sp³-hybridized carbons (Fsp3) is 0.500. The van der Waals surface area contributed by atoms with Crippen LogP contribution in [0.25, 0.3) is 0 Å². The highest BCUT2D eigenvalue weighted by atomic mass is 19.0. The summed E-state index contributed by atoms with van der Waals surface area (Å²) in [6, 6.07) is 0. The van der Waals surface area contributed by atoms with Gasteiger partial charge in [-0.15, -0.1) is 0 Å². The average molecular weight is 145 g/mol. The van der Waals surface area contributed by atoms with Crippen molar-refractivity contribution in [3.63, 3.8) is 0 Å². The van der Waals surface area contributed by atoms with Crippen LogP contribution in [0.4, 0.5) is 4.72 Å². The first kappa shape index (κ1) is 25.0. The van der Waals surface area contributed by atoms with Gasteiger partial charge >= 0.3 is 6.15 Å². The van der Waals surface area contributed by atoms with E-state index in [1.807, 2.05) is 0 Å². The SMILES string of the molecule is C.C.O=C=O.O=CO.[2H]F.[HH]. The molecule has 0 radical (unpaired) electrons. The van der Waals surface area contributed by atoms with Crippen molar-refractivity contribution in [3.05, 3.63) is 0 Å². The molecule has 0 atom stereocenters. The van der Waals surface area contributed by atoms with Crippen molar-refractivity contribution in [2.75, 3.05) is 0 Å². The molecule has 5 heteroatoms. The summed E-state index contributed by atoms with van der Waals surface area (Å²) in [5.41, 5.74) is 0. The smallest absolute Gasteiger partial charge is 0.373 e. The van der Waals surface area contributed by atoms with Crippen LogP contribution in [0.5, 0.6) is 0 Å². The van der Waals surface area contributed by atoms with Gasteiger partial charge in [-0.1, -0.05) is 14.9 Å². The topological polar surface area (TPSA) is 71.4 Å². The lowest BCUT2D eigenvalue weighted by Gasteiger charge is -1.34. The van der Waals surface area contributed by atoms with E-state index in [9.17, 15) is 0 Å². The van der Waals surface area contributed by atoms with Crippen molar-refractivity contribution >= 4 is 12.6 Å². The molecular formula is C4H13FO4. The molecule has 0 amide bonds. The average Bonchev–Trinajstić information content (AvgIpc) is 1.75. The fourth-order valence-electron chi connectivity index (χ4n) is 0. The first-order chi connectivity index (χ1) is 3.83. The Bertz CT molecular complexity index is 65.1. The zero-order valence-corrected chi connectivity index (χ0v) is 3.13. The number of carbonyl (C=O) groups excluding carboxylic acids is 2. The van der Waals surface area contributed by atoms with Gasteiger partial charge < -0.3 is 5.11 Å². The summed E-state index contributed by atoms with van der Waals surface area (Å²) in [4.78, 5) is 24.6. The zero-order valence-electron chi connectivity index (χ0n) is 4.13. The Kier molecular flexibility index (Phi) is 1040. The van der Waals surface area contributed by atoms with E-state index in [1.54, 1.807) is 0 Å². The molecule has 0 rings (SSSR count). The number of hydrogen-bond acceptors (Lipinski definition) is 3. The van der Waals surface area contributed by atoms with E-state index in [4.69, 9.17) is 24.2 Å². The Balaban J connectivity index is -0.00000000764. The van der Waals surface area contributed by atoms with E-state index < -0.39 is 0 Å². The van der Waals surface area contributed by atoms with Crippen LogP contribution in [0.3, 0.4) is 0 Å². The monoisotopic (exact) mass is 145 g/mol. The molecule has 0 bridgehead atoms. The molecule has 9 heavy (non-hydrogen) atoms. The molecule has 0 aliphatic rings. The molecular weight excluding hydrogens is 131 g/mol. The fourth-order valence-corrected chi connectivity index (χ4v) is 0. The highest BCUT2D eigenvalue weighted by Crippen LogP contribution is 0.966. The highest BCUT2D eigenvalue weighted by molar-refractivity contribution is 5.32. The first-order valence-electron chi connectivity index (χ1n) is 1.28. The molecule has 0 fully saturated rings. The molecule has 0 saturated carbocycles. The second kappa shape index (κ2) is 372. The van der Waals surface area contributed by atoms with E-state index in [0.29, 0.717) is 0 Å². The van der Waals surface area contributed by atoms with Crippen LogP contribution in [-0.2, 0) is 14.4 Å². The minimum atomic E-state index is -0.250. The quantitative estimate of drug-likeness (QED) is 0.511. The molecule has 4 nitrogen and oxygen atoms in total. The summed E-state index contributed by atoms with van der Waals surface area (Å²) in [5.74, 6) is 0. The molecule has 0 aromatic carbocycles. The molecule has 0 saturated heterocycles. The number of rotatable bonds is 0.